The standard InChI is InChI=1S/C52H63F2N5O10S2/c1-50(2)36-17-7-9-19-38(36)57(28-11-5-6-21-45(62)63)41(50)24-22-34-15-14-16-35(23-25-42-51(3,4)37-18-8-10-20-39(37)58(42)29-12-13-32-71(66,67)68)46(34)70-31-27-44(61)55-43-26-30-59(49(65)56-43)48-52(53,54)47(64)40(33-60)69-48/h7-10,17-20,22-26,30,40,47-48,60,64H,5-6,11-16,21,27-29,31-33H2,1-4H3,(H2-,55,56,61,62,63,65,66,67,68)/p+1/t40-,47-,48-/m1/s1. The average molecular weight is 1020 g/mol. The van der Waals surface area contributed by atoms with Gasteiger partial charge in [-0.2, -0.15) is 26.8 Å². The van der Waals surface area contributed by atoms with E-state index in [1.807, 2.05) is 24.3 Å². The van der Waals surface area contributed by atoms with Crippen molar-refractivity contribution in [2.45, 2.75) is 127 Å². The summed E-state index contributed by atoms with van der Waals surface area (Å²) in [6, 6.07) is 17.7. The van der Waals surface area contributed by atoms with Crippen LogP contribution in [0.2, 0.25) is 0 Å². The third kappa shape index (κ3) is 12.0. The Hall–Kier alpha value is -5.31. The van der Waals surface area contributed by atoms with Gasteiger partial charge in [0.25, 0.3) is 10.1 Å². The van der Waals surface area contributed by atoms with Gasteiger partial charge in [0.2, 0.25) is 17.8 Å². The molecule has 3 aromatic rings. The predicted molar refractivity (Wildman–Crippen MR) is 270 cm³/mol. The van der Waals surface area contributed by atoms with Crippen LogP contribution in [0.25, 0.3) is 0 Å². The molecule has 1 amide bonds. The number of alkyl halides is 2. The van der Waals surface area contributed by atoms with Crippen LogP contribution in [-0.2, 0) is 35.3 Å². The van der Waals surface area contributed by atoms with Crippen LogP contribution in [0.5, 0.6) is 0 Å². The molecule has 2 aromatic carbocycles. The van der Waals surface area contributed by atoms with E-state index in [2.05, 4.69) is 96.0 Å². The summed E-state index contributed by atoms with van der Waals surface area (Å²) in [5.74, 6) is -5.29. The van der Waals surface area contributed by atoms with Gasteiger partial charge in [0.05, 0.1) is 17.8 Å². The minimum absolute atomic E-state index is 0.00746. The Morgan fingerprint density at radius 3 is 2.38 bits per heavy atom. The second-order valence-electron chi connectivity index (χ2n) is 19.4. The fraction of sp³-hybridized carbons (Fsp3) is 0.481. The lowest BCUT2D eigenvalue weighted by atomic mass is 9.81. The van der Waals surface area contributed by atoms with Crippen molar-refractivity contribution in [1.82, 2.24) is 9.55 Å². The van der Waals surface area contributed by atoms with Crippen LogP contribution in [0.4, 0.5) is 26.0 Å². The molecule has 5 N–H and O–H groups in total. The highest BCUT2D eigenvalue weighted by Gasteiger charge is 2.59. The monoisotopic (exact) mass is 1020 g/mol. The average Bonchev–Trinajstić information content (AvgIpc) is 3.78. The molecule has 4 aliphatic rings. The highest BCUT2D eigenvalue weighted by Crippen LogP contribution is 2.49. The Balaban J connectivity index is 1.18. The number of allylic oxidation sites excluding steroid dienone is 7. The van der Waals surface area contributed by atoms with E-state index in [0.29, 0.717) is 36.1 Å². The molecule has 0 saturated carbocycles. The number of hydrogen-bond donors (Lipinski definition) is 5. The minimum atomic E-state index is -4.10. The quantitative estimate of drug-likeness (QED) is 0.0388. The zero-order chi connectivity index (χ0) is 51.3. The van der Waals surface area contributed by atoms with E-state index < -0.39 is 64.1 Å². The summed E-state index contributed by atoms with van der Waals surface area (Å²) in [6.45, 7) is 9.11. The summed E-state index contributed by atoms with van der Waals surface area (Å²) in [4.78, 5) is 44.6. The summed E-state index contributed by atoms with van der Waals surface area (Å²) in [5, 5.41) is 31.1. The van der Waals surface area contributed by atoms with E-state index in [-0.39, 0.29) is 29.8 Å². The summed E-state index contributed by atoms with van der Waals surface area (Å²) >= 11 is 1.53. The number of aliphatic hydroxyl groups is 2. The first-order valence-corrected chi connectivity index (χ1v) is 26.7. The van der Waals surface area contributed by atoms with Crippen molar-refractivity contribution in [2.75, 3.05) is 41.4 Å². The number of carboxylic acid groups (broad SMARTS) is 1. The Morgan fingerprint density at radius 1 is 0.944 bits per heavy atom. The number of aliphatic hydroxyl groups excluding tert-OH is 2. The van der Waals surface area contributed by atoms with E-state index in [4.69, 9.17) is 4.74 Å². The Labute approximate surface area is 417 Å². The Kier molecular flexibility index (Phi) is 16.7. The van der Waals surface area contributed by atoms with Crippen LogP contribution < -0.4 is 15.9 Å². The number of aromatic nitrogens is 2. The number of amides is 1. The van der Waals surface area contributed by atoms with Gasteiger partial charge in [-0.3, -0.25) is 18.7 Å². The number of nitrogens with one attached hydrogen (secondary N) is 1. The van der Waals surface area contributed by atoms with Crippen molar-refractivity contribution in [3.05, 3.63) is 128 Å². The van der Waals surface area contributed by atoms with Gasteiger partial charge in [0, 0.05) is 77.2 Å². The largest absolute Gasteiger partial charge is 0.481 e. The van der Waals surface area contributed by atoms with Crippen LogP contribution in [-0.4, -0.2) is 109 Å². The molecule has 1 aliphatic carbocycles. The van der Waals surface area contributed by atoms with Crippen molar-refractivity contribution in [1.29, 1.82) is 0 Å². The Morgan fingerprint density at radius 2 is 1.68 bits per heavy atom. The van der Waals surface area contributed by atoms with Crippen molar-refractivity contribution in [3.63, 3.8) is 0 Å². The van der Waals surface area contributed by atoms with Crippen LogP contribution in [0.3, 0.4) is 0 Å². The van der Waals surface area contributed by atoms with Crippen molar-refractivity contribution in [3.8, 4) is 0 Å². The third-order valence-corrected chi connectivity index (χ3v) is 15.8. The summed E-state index contributed by atoms with van der Waals surface area (Å²) in [7, 11) is -4.10. The van der Waals surface area contributed by atoms with Gasteiger partial charge >= 0.3 is 17.6 Å². The smallest absolute Gasteiger partial charge is 0.351 e. The number of nitrogens with zero attached hydrogens (tertiary/aromatic N) is 4. The number of rotatable bonds is 21. The molecule has 1 aromatic heterocycles. The number of hydrogen-bond acceptors (Lipinski definition) is 11. The van der Waals surface area contributed by atoms with Gasteiger partial charge in [-0.05, 0) is 93.7 Å². The lowest BCUT2D eigenvalue weighted by molar-refractivity contribution is -0.438. The molecule has 1 saturated heterocycles. The molecular weight excluding hydrogens is 957 g/mol. The Bertz CT molecular complexity index is 2840. The third-order valence-electron chi connectivity index (χ3n) is 13.8. The zero-order valence-electron chi connectivity index (χ0n) is 40.5. The van der Waals surface area contributed by atoms with Crippen molar-refractivity contribution >= 4 is 56.7 Å². The first kappa shape index (κ1) is 53.5. The number of unbranched alkanes of at least 4 members (excludes halogenated alkanes) is 3. The van der Waals surface area contributed by atoms with Crippen molar-refractivity contribution < 1.29 is 56.0 Å². The molecule has 0 spiro atoms. The van der Waals surface area contributed by atoms with Gasteiger partial charge in [-0.1, -0.05) is 62.4 Å². The van der Waals surface area contributed by atoms with Crippen LogP contribution in [0, 0.1) is 0 Å². The highest BCUT2D eigenvalue weighted by atomic mass is 32.2. The van der Waals surface area contributed by atoms with E-state index >= 15 is 0 Å². The molecule has 3 aliphatic heterocycles. The molecule has 19 heteroatoms. The molecule has 71 heavy (non-hydrogen) atoms. The van der Waals surface area contributed by atoms with Crippen LogP contribution in [0.1, 0.15) is 109 Å². The molecule has 15 nitrogen and oxygen atoms in total. The number of para-hydroxylation sites is 2. The molecule has 7 rings (SSSR count). The maximum absolute atomic E-state index is 14.8. The first-order chi connectivity index (χ1) is 33.6. The summed E-state index contributed by atoms with van der Waals surface area (Å²) < 4.78 is 70.1. The number of halogens is 2. The van der Waals surface area contributed by atoms with Gasteiger partial charge in [-0.25, -0.2) is 4.79 Å². The molecule has 4 heterocycles. The number of anilines is 2. The molecule has 1 fully saturated rings. The first-order valence-electron chi connectivity index (χ1n) is 24.1. The number of carboxylic acids is 1. The maximum Gasteiger partial charge on any atom is 0.351 e. The number of carbonyl (C=O) groups is 2. The number of aliphatic carboxylic acids is 1. The number of carbonyl (C=O) groups excluding carboxylic acids is 1. The number of fused-ring (bicyclic) bond motifs is 2. The lowest BCUT2D eigenvalue weighted by Gasteiger charge is -2.27. The van der Waals surface area contributed by atoms with E-state index in [1.165, 1.54) is 23.4 Å². The number of benzene rings is 2. The summed E-state index contributed by atoms with van der Waals surface area (Å²) in [6.07, 6.45) is 9.05. The number of thioether (sulfide) groups is 1. The van der Waals surface area contributed by atoms with Crippen LogP contribution in [0.15, 0.2) is 112 Å². The second-order valence-corrected chi connectivity index (χ2v) is 22.1. The second kappa shape index (κ2) is 22.2. The zero-order valence-corrected chi connectivity index (χ0v) is 42.2. The van der Waals surface area contributed by atoms with Crippen LogP contribution >= 0.6 is 11.8 Å². The normalized spacial score (nSPS) is 22.5. The summed E-state index contributed by atoms with van der Waals surface area (Å²) in [5.41, 5.74) is 6.92. The maximum atomic E-state index is 14.8. The van der Waals surface area contributed by atoms with Gasteiger partial charge in [-0.15, -0.1) is 11.8 Å². The fourth-order valence-corrected chi connectivity index (χ4v) is 11.8. The molecular formula is C52H64F2N5O10S2+. The molecule has 0 radical (unpaired) electrons. The topological polar surface area (TPSA) is 212 Å². The highest BCUT2D eigenvalue weighted by molar-refractivity contribution is 8.03. The number of ether oxygens (including phenoxy) is 1. The predicted octanol–water partition coefficient (Wildman–Crippen LogP) is 8.18. The van der Waals surface area contributed by atoms with Gasteiger partial charge in [0.1, 0.15) is 18.5 Å². The van der Waals surface area contributed by atoms with E-state index in [1.54, 1.807) is 0 Å². The lowest BCUT2D eigenvalue weighted by Crippen LogP contribution is -2.41. The molecule has 0 unspecified atom stereocenters. The van der Waals surface area contributed by atoms with Gasteiger partial charge in [0.15, 0.2) is 11.8 Å². The molecule has 0 bridgehead atoms. The fourth-order valence-electron chi connectivity index (χ4n) is 10.0. The van der Waals surface area contributed by atoms with E-state index in [9.17, 15) is 51.5 Å². The van der Waals surface area contributed by atoms with Gasteiger partial charge < -0.3 is 30.3 Å². The van der Waals surface area contributed by atoms with Crippen molar-refractivity contribution in [2.24, 2.45) is 0 Å². The minimum Gasteiger partial charge on any atom is -0.481 e. The van der Waals surface area contributed by atoms with E-state index in [0.717, 1.165) is 89.2 Å². The molecule has 382 valence electrons. The SMILES string of the molecule is CC1(C)C(/C=C/C2=C(SCCC(=O)Nc3ccn([C@@H]4O[C@H](CO)[C@@H](O)C4(F)F)c(=O)n3)C(=C/C=C3/N(CCCCS(=O)(=O)O)c4ccccc4C3(C)C)/CCC2)=[N+](CCCCCC(=O)O)c2ccccc21. The molecule has 3 atom stereocenters.